The molecular formula is C16H18ClN3O. The summed E-state index contributed by atoms with van der Waals surface area (Å²) in [6.45, 7) is 1.62. The third kappa shape index (κ3) is 3.45. The molecular weight excluding hydrogens is 286 g/mol. The van der Waals surface area contributed by atoms with Gasteiger partial charge in [-0.3, -0.25) is 4.57 Å². The van der Waals surface area contributed by atoms with E-state index in [9.17, 15) is 4.79 Å². The number of piperidine rings is 1. The van der Waals surface area contributed by atoms with Gasteiger partial charge in [0.15, 0.2) is 0 Å². The van der Waals surface area contributed by atoms with Gasteiger partial charge in [0.25, 0.3) is 0 Å². The summed E-state index contributed by atoms with van der Waals surface area (Å²) in [6, 6.07) is 8.07. The maximum Gasteiger partial charge on any atom is 0.329 e. The summed E-state index contributed by atoms with van der Waals surface area (Å²) in [5, 5.41) is 0.792. The van der Waals surface area contributed by atoms with Crippen molar-refractivity contribution < 1.29 is 4.79 Å². The van der Waals surface area contributed by atoms with E-state index >= 15 is 0 Å². The Balaban J connectivity index is 1.54. The molecule has 5 heteroatoms. The van der Waals surface area contributed by atoms with Crippen LogP contribution in [-0.4, -0.2) is 33.6 Å². The predicted molar refractivity (Wildman–Crippen MR) is 82.5 cm³/mol. The first-order valence-corrected chi connectivity index (χ1v) is 7.62. The van der Waals surface area contributed by atoms with Crippen LogP contribution in [0.3, 0.4) is 0 Å². The zero-order valence-electron chi connectivity index (χ0n) is 11.8. The number of carbonyl (C=O) groups excluding carboxylic acids is 1. The van der Waals surface area contributed by atoms with Crippen LogP contribution in [-0.2, 0) is 6.42 Å². The summed E-state index contributed by atoms with van der Waals surface area (Å²) in [4.78, 5) is 18.0. The van der Waals surface area contributed by atoms with Crippen LogP contribution in [0, 0.1) is 5.92 Å². The molecule has 1 aliphatic rings. The molecule has 1 saturated heterocycles. The monoisotopic (exact) mass is 303 g/mol. The van der Waals surface area contributed by atoms with E-state index < -0.39 is 0 Å². The van der Waals surface area contributed by atoms with Gasteiger partial charge >= 0.3 is 6.03 Å². The van der Waals surface area contributed by atoms with E-state index in [1.54, 1.807) is 18.7 Å². The second kappa shape index (κ2) is 6.31. The Morgan fingerprint density at radius 1 is 1.33 bits per heavy atom. The van der Waals surface area contributed by atoms with Crippen LogP contribution in [0.25, 0.3) is 0 Å². The molecule has 0 aliphatic carbocycles. The number of imidazole rings is 1. The Morgan fingerprint density at radius 3 is 2.81 bits per heavy atom. The maximum absolute atomic E-state index is 12.2. The molecule has 0 unspecified atom stereocenters. The number of nitrogens with zero attached hydrogens (tertiary/aromatic N) is 3. The highest BCUT2D eigenvalue weighted by Crippen LogP contribution is 2.23. The summed E-state index contributed by atoms with van der Waals surface area (Å²) >= 11 is 6.02. The van der Waals surface area contributed by atoms with Crippen molar-refractivity contribution >= 4 is 17.6 Å². The lowest BCUT2D eigenvalue weighted by atomic mass is 9.90. The Labute approximate surface area is 129 Å². The highest BCUT2D eigenvalue weighted by molar-refractivity contribution is 6.30. The van der Waals surface area contributed by atoms with Crippen molar-refractivity contribution in [2.24, 2.45) is 5.92 Å². The minimum absolute atomic E-state index is 0.0219. The number of aromatic nitrogens is 2. The van der Waals surface area contributed by atoms with E-state index in [0.717, 1.165) is 37.4 Å². The third-order valence-corrected chi connectivity index (χ3v) is 4.26. The molecule has 21 heavy (non-hydrogen) atoms. The molecule has 3 rings (SSSR count). The van der Waals surface area contributed by atoms with Gasteiger partial charge in [-0.1, -0.05) is 23.7 Å². The molecule has 1 aromatic heterocycles. The summed E-state index contributed by atoms with van der Waals surface area (Å²) in [5.74, 6) is 0.621. The summed E-state index contributed by atoms with van der Waals surface area (Å²) < 4.78 is 1.54. The molecule has 0 saturated carbocycles. The number of likely N-dealkylation sites (tertiary alicyclic amines) is 1. The average Bonchev–Trinajstić information content (AvgIpc) is 3.01. The molecule has 0 atom stereocenters. The maximum atomic E-state index is 12.2. The number of amides is 1. The molecule has 2 aromatic rings. The third-order valence-electron chi connectivity index (χ3n) is 4.02. The summed E-state index contributed by atoms with van der Waals surface area (Å²) in [7, 11) is 0. The van der Waals surface area contributed by atoms with Crippen LogP contribution in [0.15, 0.2) is 43.0 Å². The highest BCUT2D eigenvalue weighted by atomic mass is 35.5. The minimum atomic E-state index is 0.0219. The van der Waals surface area contributed by atoms with Gasteiger partial charge in [-0.2, -0.15) is 0 Å². The Bertz CT molecular complexity index is 604. The van der Waals surface area contributed by atoms with E-state index in [1.807, 2.05) is 23.1 Å². The van der Waals surface area contributed by atoms with Crippen molar-refractivity contribution in [3.05, 3.63) is 53.6 Å². The topological polar surface area (TPSA) is 38.1 Å². The molecule has 1 amide bonds. The first kappa shape index (κ1) is 14.1. The van der Waals surface area contributed by atoms with Crippen molar-refractivity contribution in [2.75, 3.05) is 13.1 Å². The lowest BCUT2D eigenvalue weighted by molar-refractivity contribution is 0.172. The van der Waals surface area contributed by atoms with Crippen molar-refractivity contribution in [1.29, 1.82) is 0 Å². The Kier molecular flexibility index (Phi) is 4.25. The van der Waals surface area contributed by atoms with E-state index in [4.69, 9.17) is 11.6 Å². The fourth-order valence-electron chi connectivity index (χ4n) is 2.86. The lowest BCUT2D eigenvalue weighted by Crippen LogP contribution is -2.40. The number of benzene rings is 1. The summed E-state index contributed by atoms with van der Waals surface area (Å²) in [6.07, 6.45) is 7.98. The first-order chi connectivity index (χ1) is 10.2. The van der Waals surface area contributed by atoms with Crippen molar-refractivity contribution in [3.8, 4) is 0 Å². The quantitative estimate of drug-likeness (QED) is 0.852. The lowest BCUT2D eigenvalue weighted by Gasteiger charge is -2.32. The average molecular weight is 304 g/mol. The van der Waals surface area contributed by atoms with Gasteiger partial charge in [0, 0.05) is 30.5 Å². The normalized spacial score (nSPS) is 16.1. The van der Waals surface area contributed by atoms with Crippen LogP contribution in [0.2, 0.25) is 5.02 Å². The van der Waals surface area contributed by atoms with Crippen LogP contribution >= 0.6 is 11.6 Å². The summed E-state index contributed by atoms with van der Waals surface area (Å²) in [5.41, 5.74) is 1.28. The number of hydrogen-bond acceptors (Lipinski definition) is 2. The van der Waals surface area contributed by atoms with Gasteiger partial charge in [0.05, 0.1) is 0 Å². The molecule has 2 heterocycles. The number of carbonyl (C=O) groups is 1. The zero-order chi connectivity index (χ0) is 14.7. The van der Waals surface area contributed by atoms with Crippen LogP contribution in [0.4, 0.5) is 4.79 Å². The standard InChI is InChI=1S/C16H18ClN3O/c17-15-3-1-2-14(11-15)10-13-4-7-19(8-5-13)16(21)20-9-6-18-12-20/h1-3,6,9,11-13H,4-5,7-8,10H2. The van der Waals surface area contributed by atoms with Gasteiger partial charge < -0.3 is 4.90 Å². The molecule has 0 N–H and O–H groups in total. The molecule has 1 aliphatic heterocycles. The number of halogens is 1. The smallest absolute Gasteiger partial charge is 0.324 e. The fourth-order valence-corrected chi connectivity index (χ4v) is 3.07. The first-order valence-electron chi connectivity index (χ1n) is 7.24. The second-order valence-corrected chi connectivity index (χ2v) is 5.95. The van der Waals surface area contributed by atoms with Gasteiger partial charge in [0.2, 0.25) is 0 Å². The van der Waals surface area contributed by atoms with Gasteiger partial charge in [-0.15, -0.1) is 0 Å². The van der Waals surface area contributed by atoms with E-state index in [-0.39, 0.29) is 6.03 Å². The Hall–Kier alpha value is -1.81. The van der Waals surface area contributed by atoms with Crippen LogP contribution in [0.1, 0.15) is 18.4 Å². The zero-order valence-corrected chi connectivity index (χ0v) is 12.5. The van der Waals surface area contributed by atoms with Crippen molar-refractivity contribution in [1.82, 2.24) is 14.5 Å². The van der Waals surface area contributed by atoms with Crippen LogP contribution in [0.5, 0.6) is 0 Å². The van der Waals surface area contributed by atoms with Crippen LogP contribution < -0.4 is 0 Å². The molecule has 110 valence electrons. The predicted octanol–water partition coefficient (Wildman–Crippen LogP) is 3.46. The van der Waals surface area contributed by atoms with Crippen molar-refractivity contribution in [2.45, 2.75) is 19.3 Å². The SMILES string of the molecule is O=C(N1CCC(Cc2cccc(Cl)c2)CC1)n1ccnc1. The Morgan fingerprint density at radius 2 is 2.14 bits per heavy atom. The number of hydrogen-bond donors (Lipinski definition) is 0. The van der Waals surface area contributed by atoms with Gasteiger partial charge in [0.1, 0.15) is 6.33 Å². The molecule has 0 radical (unpaired) electrons. The van der Waals surface area contributed by atoms with E-state index in [2.05, 4.69) is 11.1 Å². The molecule has 1 aromatic carbocycles. The largest absolute Gasteiger partial charge is 0.329 e. The molecule has 0 bridgehead atoms. The van der Waals surface area contributed by atoms with Gasteiger partial charge in [-0.05, 0) is 42.9 Å². The second-order valence-electron chi connectivity index (χ2n) is 5.52. The van der Waals surface area contributed by atoms with E-state index in [1.165, 1.54) is 10.1 Å². The molecule has 4 nitrogen and oxygen atoms in total. The highest BCUT2D eigenvalue weighted by Gasteiger charge is 2.23. The minimum Gasteiger partial charge on any atom is -0.324 e. The van der Waals surface area contributed by atoms with E-state index in [0.29, 0.717) is 5.92 Å². The number of rotatable bonds is 2. The molecule has 1 fully saturated rings. The fraction of sp³-hybridized carbons (Fsp3) is 0.375. The van der Waals surface area contributed by atoms with Gasteiger partial charge in [-0.25, -0.2) is 9.78 Å². The van der Waals surface area contributed by atoms with Crippen molar-refractivity contribution in [3.63, 3.8) is 0 Å². The molecule has 0 spiro atoms.